The van der Waals surface area contributed by atoms with E-state index in [1.54, 1.807) is 6.33 Å². The lowest BCUT2D eigenvalue weighted by molar-refractivity contribution is 0.0994. The topological polar surface area (TPSA) is 34.9 Å². The number of Topliss-reactive ketones (excluding diaryl/α,β-unsaturated/α-hetero) is 1. The number of carbonyl (C=O) groups excluding carboxylic acids is 1. The zero-order valence-electron chi connectivity index (χ0n) is 9.10. The van der Waals surface area contributed by atoms with Crippen LogP contribution in [0.4, 0.5) is 0 Å². The van der Waals surface area contributed by atoms with Gasteiger partial charge in [-0.1, -0.05) is 0 Å². The Hall–Kier alpha value is -1.90. The van der Waals surface area contributed by atoms with Gasteiger partial charge in [0.2, 0.25) is 0 Å². The first kappa shape index (κ1) is 9.33. The summed E-state index contributed by atoms with van der Waals surface area (Å²) in [5.74, 6) is 0.267. The second-order valence-electron chi connectivity index (χ2n) is 4.19. The Bertz CT molecular complexity index is 569. The van der Waals surface area contributed by atoms with Crippen LogP contribution in [-0.4, -0.2) is 15.3 Å². The van der Waals surface area contributed by atoms with Crippen molar-refractivity contribution < 1.29 is 4.79 Å². The molecule has 1 heterocycles. The van der Waals surface area contributed by atoms with E-state index >= 15 is 0 Å². The molecule has 2 aromatic rings. The fourth-order valence-corrected chi connectivity index (χ4v) is 2.16. The number of aromatic nitrogens is 2. The van der Waals surface area contributed by atoms with Crippen molar-refractivity contribution in [2.24, 2.45) is 0 Å². The minimum Gasteiger partial charge on any atom is -0.306 e. The zero-order valence-corrected chi connectivity index (χ0v) is 9.10. The van der Waals surface area contributed by atoms with Crippen molar-refractivity contribution in [1.82, 2.24) is 9.55 Å². The summed E-state index contributed by atoms with van der Waals surface area (Å²) in [5.41, 5.74) is 4.13. The van der Waals surface area contributed by atoms with E-state index in [4.69, 9.17) is 0 Å². The van der Waals surface area contributed by atoms with Crippen molar-refractivity contribution in [3.05, 3.63) is 47.5 Å². The molecular weight excluding hydrogens is 200 g/mol. The van der Waals surface area contributed by atoms with Crippen LogP contribution < -0.4 is 0 Å². The third-order valence-corrected chi connectivity index (χ3v) is 3.02. The van der Waals surface area contributed by atoms with Gasteiger partial charge in [-0.3, -0.25) is 4.79 Å². The maximum absolute atomic E-state index is 11.5. The fraction of sp³-hybridized carbons (Fsp3) is 0.231. The summed E-state index contributed by atoms with van der Waals surface area (Å²) in [7, 11) is 0. The number of rotatable bonds is 1. The van der Waals surface area contributed by atoms with E-state index in [0.717, 1.165) is 28.9 Å². The highest BCUT2D eigenvalue weighted by Gasteiger charge is 2.19. The average molecular weight is 212 g/mol. The normalized spacial score (nSPS) is 14.2. The first-order chi connectivity index (χ1) is 7.74. The van der Waals surface area contributed by atoms with Gasteiger partial charge in [-0.2, -0.15) is 0 Å². The molecule has 16 heavy (non-hydrogen) atoms. The Morgan fingerprint density at radius 1 is 1.31 bits per heavy atom. The summed E-state index contributed by atoms with van der Waals surface area (Å²) in [6.07, 6.45) is 5.31. The van der Waals surface area contributed by atoms with Gasteiger partial charge in [0.25, 0.3) is 0 Å². The van der Waals surface area contributed by atoms with Gasteiger partial charge in [0.15, 0.2) is 5.78 Å². The van der Waals surface area contributed by atoms with E-state index in [9.17, 15) is 4.79 Å². The predicted molar refractivity (Wildman–Crippen MR) is 61.0 cm³/mol. The van der Waals surface area contributed by atoms with Crippen LogP contribution in [0.5, 0.6) is 0 Å². The smallest absolute Gasteiger partial charge is 0.163 e. The second-order valence-corrected chi connectivity index (χ2v) is 4.19. The number of hydrogen-bond acceptors (Lipinski definition) is 2. The van der Waals surface area contributed by atoms with Gasteiger partial charge in [0.1, 0.15) is 0 Å². The highest BCUT2D eigenvalue weighted by molar-refractivity contribution is 6.00. The molecule has 0 atom stereocenters. The summed E-state index contributed by atoms with van der Waals surface area (Å²) in [5, 5.41) is 0. The van der Waals surface area contributed by atoms with Gasteiger partial charge < -0.3 is 4.57 Å². The molecule has 1 aliphatic carbocycles. The fourth-order valence-electron chi connectivity index (χ4n) is 2.16. The van der Waals surface area contributed by atoms with Gasteiger partial charge in [-0.05, 0) is 37.1 Å². The number of aryl methyl sites for hydroxylation is 2. The van der Waals surface area contributed by atoms with Crippen molar-refractivity contribution in [1.29, 1.82) is 0 Å². The molecule has 0 spiro atoms. The number of carbonyl (C=O) groups is 1. The van der Waals surface area contributed by atoms with Gasteiger partial charge in [0.05, 0.1) is 12.0 Å². The van der Waals surface area contributed by atoms with Crippen molar-refractivity contribution in [3.63, 3.8) is 0 Å². The van der Waals surface area contributed by atoms with Crippen molar-refractivity contribution in [2.45, 2.75) is 19.8 Å². The quantitative estimate of drug-likeness (QED) is 0.727. The molecule has 0 amide bonds. The molecule has 0 radical (unpaired) electrons. The number of benzene rings is 1. The molecule has 0 unspecified atom stereocenters. The largest absolute Gasteiger partial charge is 0.306 e. The minimum atomic E-state index is 0.267. The molecule has 1 aliphatic rings. The highest BCUT2D eigenvalue weighted by atomic mass is 16.1. The number of imidazole rings is 1. The Morgan fingerprint density at radius 3 is 2.94 bits per heavy atom. The lowest BCUT2D eigenvalue weighted by Crippen LogP contribution is -1.94. The van der Waals surface area contributed by atoms with E-state index in [2.05, 4.69) is 11.1 Å². The first-order valence-corrected chi connectivity index (χ1v) is 5.41. The molecular formula is C13H12N2O. The standard InChI is InChI=1S/C13H12N2O/c1-9-7-15(8-14-9)11-3-4-12-10(6-11)2-5-13(12)16/h3-4,6-8H,2,5H2,1H3. The molecule has 80 valence electrons. The van der Waals surface area contributed by atoms with Crippen LogP contribution in [0.2, 0.25) is 0 Å². The Labute approximate surface area is 93.7 Å². The van der Waals surface area contributed by atoms with Crippen molar-refractivity contribution in [2.75, 3.05) is 0 Å². The summed E-state index contributed by atoms with van der Waals surface area (Å²) in [6.45, 7) is 1.97. The molecule has 3 nitrogen and oxygen atoms in total. The van der Waals surface area contributed by atoms with E-state index in [1.807, 2.05) is 29.8 Å². The molecule has 0 bridgehead atoms. The minimum absolute atomic E-state index is 0.267. The summed E-state index contributed by atoms with van der Waals surface area (Å²) < 4.78 is 1.98. The SMILES string of the molecule is Cc1cn(-c2ccc3c(c2)CCC3=O)cn1. The molecule has 0 fully saturated rings. The lowest BCUT2D eigenvalue weighted by Gasteiger charge is -2.04. The van der Waals surface area contributed by atoms with Gasteiger partial charge in [-0.15, -0.1) is 0 Å². The van der Waals surface area contributed by atoms with Crippen LogP contribution in [0.1, 0.15) is 28.0 Å². The predicted octanol–water partition coefficient (Wildman–Crippen LogP) is 2.31. The maximum atomic E-state index is 11.5. The highest BCUT2D eigenvalue weighted by Crippen LogP contribution is 2.24. The van der Waals surface area contributed by atoms with Crippen LogP contribution in [0.3, 0.4) is 0 Å². The molecule has 0 saturated carbocycles. The molecule has 3 rings (SSSR count). The summed E-state index contributed by atoms with van der Waals surface area (Å²) in [4.78, 5) is 15.7. The Balaban J connectivity index is 2.08. The molecule has 0 N–H and O–H groups in total. The van der Waals surface area contributed by atoms with Crippen molar-refractivity contribution in [3.8, 4) is 5.69 Å². The molecule has 1 aromatic heterocycles. The number of nitrogens with zero attached hydrogens (tertiary/aromatic N) is 2. The van der Waals surface area contributed by atoms with Gasteiger partial charge in [-0.25, -0.2) is 4.98 Å². The molecule has 1 aromatic carbocycles. The number of fused-ring (bicyclic) bond motifs is 1. The van der Waals surface area contributed by atoms with Crippen LogP contribution in [0.25, 0.3) is 5.69 Å². The molecule has 0 saturated heterocycles. The van der Waals surface area contributed by atoms with E-state index in [0.29, 0.717) is 6.42 Å². The average Bonchev–Trinajstić information content (AvgIpc) is 2.86. The number of hydrogen-bond donors (Lipinski definition) is 0. The summed E-state index contributed by atoms with van der Waals surface area (Å²) in [6, 6.07) is 5.99. The Kier molecular flexibility index (Phi) is 1.93. The van der Waals surface area contributed by atoms with E-state index in [-0.39, 0.29) is 5.78 Å². The van der Waals surface area contributed by atoms with E-state index in [1.165, 1.54) is 0 Å². The van der Waals surface area contributed by atoms with Crippen LogP contribution >= 0.6 is 0 Å². The monoisotopic (exact) mass is 212 g/mol. The molecule has 0 aliphatic heterocycles. The number of ketones is 1. The first-order valence-electron chi connectivity index (χ1n) is 5.41. The lowest BCUT2D eigenvalue weighted by atomic mass is 10.1. The van der Waals surface area contributed by atoms with Crippen LogP contribution in [0, 0.1) is 6.92 Å². The van der Waals surface area contributed by atoms with Gasteiger partial charge in [0, 0.05) is 23.9 Å². The van der Waals surface area contributed by atoms with Gasteiger partial charge >= 0.3 is 0 Å². The zero-order chi connectivity index (χ0) is 11.1. The summed E-state index contributed by atoms with van der Waals surface area (Å²) >= 11 is 0. The maximum Gasteiger partial charge on any atom is 0.163 e. The second kappa shape index (κ2) is 3.30. The van der Waals surface area contributed by atoms with Crippen molar-refractivity contribution >= 4 is 5.78 Å². The van der Waals surface area contributed by atoms with Crippen LogP contribution in [-0.2, 0) is 6.42 Å². The third kappa shape index (κ3) is 1.36. The Morgan fingerprint density at radius 2 is 2.19 bits per heavy atom. The molecule has 3 heteroatoms. The van der Waals surface area contributed by atoms with Crippen LogP contribution in [0.15, 0.2) is 30.7 Å². The van der Waals surface area contributed by atoms with E-state index < -0.39 is 0 Å². The third-order valence-electron chi connectivity index (χ3n) is 3.02.